The van der Waals surface area contributed by atoms with Crippen molar-refractivity contribution in [2.24, 2.45) is 0 Å². The first-order valence-electron chi connectivity index (χ1n) is 6.56. The Labute approximate surface area is 119 Å². The van der Waals surface area contributed by atoms with Crippen LogP contribution in [0, 0.1) is 6.92 Å². The number of hydrogen-bond acceptors (Lipinski definition) is 7. The predicted molar refractivity (Wildman–Crippen MR) is 75.9 cm³/mol. The quantitative estimate of drug-likeness (QED) is 0.779. The molecule has 20 heavy (non-hydrogen) atoms. The molecule has 0 aliphatic heterocycles. The highest BCUT2D eigenvalue weighted by Gasteiger charge is 2.22. The van der Waals surface area contributed by atoms with E-state index in [0.29, 0.717) is 11.8 Å². The van der Waals surface area contributed by atoms with Crippen LogP contribution in [0.25, 0.3) is 11.1 Å². The van der Waals surface area contributed by atoms with Gasteiger partial charge >= 0.3 is 0 Å². The predicted octanol–water partition coefficient (Wildman–Crippen LogP) is 2.35. The lowest BCUT2D eigenvalue weighted by Gasteiger charge is -2.23. The molecule has 1 aliphatic rings. The van der Waals surface area contributed by atoms with Crippen molar-refractivity contribution in [3.05, 3.63) is 28.1 Å². The van der Waals surface area contributed by atoms with Crippen molar-refractivity contribution in [2.45, 2.75) is 32.2 Å². The maximum absolute atomic E-state index is 5.17. The molecule has 0 radical (unpaired) electrons. The zero-order chi connectivity index (χ0) is 13.5. The van der Waals surface area contributed by atoms with Crippen molar-refractivity contribution in [1.29, 1.82) is 0 Å². The Bertz CT molecular complexity index is 765. The minimum Gasteiger partial charge on any atom is -0.366 e. The maximum Gasteiger partial charge on any atom is 0.263 e. The maximum atomic E-state index is 5.17. The summed E-state index contributed by atoms with van der Waals surface area (Å²) in [6.07, 6.45) is 4.59. The third-order valence-corrected chi connectivity index (χ3v) is 4.57. The average molecular weight is 287 g/mol. The Morgan fingerprint density at radius 3 is 3.25 bits per heavy atom. The fourth-order valence-electron chi connectivity index (χ4n) is 2.65. The van der Waals surface area contributed by atoms with Gasteiger partial charge < -0.3 is 9.84 Å². The first-order valence-corrected chi connectivity index (χ1v) is 7.44. The van der Waals surface area contributed by atoms with Gasteiger partial charge in [0, 0.05) is 17.3 Å². The molecular formula is C13H13N5OS. The second-order valence-corrected chi connectivity index (χ2v) is 5.92. The largest absolute Gasteiger partial charge is 0.366 e. The lowest BCUT2D eigenvalue weighted by atomic mass is 9.97. The Morgan fingerprint density at radius 1 is 1.35 bits per heavy atom. The molecule has 4 rings (SSSR count). The molecule has 0 fully saturated rings. The lowest BCUT2D eigenvalue weighted by Crippen LogP contribution is -2.27. The zero-order valence-electron chi connectivity index (χ0n) is 11.0. The van der Waals surface area contributed by atoms with Gasteiger partial charge in [0.15, 0.2) is 0 Å². The molecule has 0 amide bonds. The molecule has 0 aromatic carbocycles. The van der Waals surface area contributed by atoms with E-state index in [0.717, 1.165) is 36.2 Å². The fraction of sp³-hybridized carbons (Fsp3) is 0.385. The van der Waals surface area contributed by atoms with Gasteiger partial charge in [-0.3, -0.25) is 0 Å². The smallest absolute Gasteiger partial charge is 0.263 e. The van der Waals surface area contributed by atoms with Gasteiger partial charge in [0.25, 0.3) is 5.71 Å². The molecule has 3 aromatic rings. The molecule has 0 saturated carbocycles. The molecule has 1 N–H and O–H groups in total. The fourth-order valence-corrected chi connectivity index (χ4v) is 3.54. The summed E-state index contributed by atoms with van der Waals surface area (Å²) >= 11 is 1.73. The minimum atomic E-state index is 0.371. The Hall–Kier alpha value is -2.02. The molecule has 0 saturated heterocycles. The first kappa shape index (κ1) is 11.8. The molecule has 3 aromatic heterocycles. The van der Waals surface area contributed by atoms with Crippen LogP contribution < -0.4 is 5.32 Å². The van der Waals surface area contributed by atoms with Crippen LogP contribution in [0.4, 0.5) is 5.82 Å². The molecule has 7 heteroatoms. The number of nitrogens with one attached hydrogen (secondary N) is 1. The number of aryl methyl sites for hydroxylation is 2. The second-order valence-electron chi connectivity index (χ2n) is 4.98. The monoisotopic (exact) mass is 287 g/mol. The minimum absolute atomic E-state index is 0.371. The van der Waals surface area contributed by atoms with Gasteiger partial charge in [-0.05, 0) is 19.8 Å². The van der Waals surface area contributed by atoms with E-state index in [1.807, 2.05) is 12.4 Å². The highest BCUT2D eigenvalue weighted by molar-refractivity contribution is 7.09. The van der Waals surface area contributed by atoms with Gasteiger partial charge in [0.05, 0.1) is 16.9 Å². The molecule has 3 heterocycles. The summed E-state index contributed by atoms with van der Waals surface area (Å²) < 4.78 is 5.17. The van der Waals surface area contributed by atoms with Crippen LogP contribution in [0.15, 0.2) is 16.4 Å². The third kappa shape index (κ3) is 1.85. The standard InChI is InChI=1S/C13H13N5OS/c1-7-11-12(14-5-15-13(11)19-18-7)17-8-2-3-9-10(4-8)20-6-16-9/h5-6,8H,2-4H2,1H3,(H,14,15,17)/t8-/m0/s1. The van der Waals surface area contributed by atoms with Crippen molar-refractivity contribution in [3.63, 3.8) is 0 Å². The first-order chi connectivity index (χ1) is 9.81. The van der Waals surface area contributed by atoms with Crippen molar-refractivity contribution in [2.75, 3.05) is 5.32 Å². The summed E-state index contributed by atoms with van der Waals surface area (Å²) in [7, 11) is 0. The summed E-state index contributed by atoms with van der Waals surface area (Å²) in [6.45, 7) is 1.91. The average Bonchev–Trinajstić information content (AvgIpc) is 3.06. The van der Waals surface area contributed by atoms with E-state index in [-0.39, 0.29) is 0 Å². The van der Waals surface area contributed by atoms with Crippen LogP contribution in [-0.2, 0) is 12.8 Å². The molecular weight excluding hydrogens is 274 g/mol. The van der Waals surface area contributed by atoms with E-state index in [2.05, 4.69) is 25.4 Å². The summed E-state index contributed by atoms with van der Waals surface area (Å²) in [5.41, 5.74) is 4.54. The zero-order valence-corrected chi connectivity index (χ0v) is 11.8. The van der Waals surface area contributed by atoms with Gasteiger partial charge in [-0.2, -0.15) is 4.98 Å². The van der Waals surface area contributed by atoms with Crippen LogP contribution in [0.2, 0.25) is 0 Å². The summed E-state index contributed by atoms with van der Waals surface area (Å²) in [5, 5.41) is 8.34. The molecule has 102 valence electrons. The van der Waals surface area contributed by atoms with E-state index in [4.69, 9.17) is 4.52 Å². The van der Waals surface area contributed by atoms with Crippen molar-refractivity contribution in [3.8, 4) is 0 Å². The van der Waals surface area contributed by atoms with Gasteiger partial charge in [-0.1, -0.05) is 5.16 Å². The number of anilines is 1. The van der Waals surface area contributed by atoms with Crippen LogP contribution in [0.5, 0.6) is 0 Å². The Balaban J connectivity index is 1.64. The van der Waals surface area contributed by atoms with Gasteiger partial charge in [-0.15, -0.1) is 11.3 Å². The normalized spacial score (nSPS) is 18.1. The lowest BCUT2D eigenvalue weighted by molar-refractivity contribution is 0.442. The molecule has 0 spiro atoms. The van der Waals surface area contributed by atoms with E-state index in [1.54, 1.807) is 11.3 Å². The Morgan fingerprint density at radius 2 is 2.30 bits per heavy atom. The topological polar surface area (TPSA) is 76.7 Å². The highest BCUT2D eigenvalue weighted by atomic mass is 32.1. The number of thiazole rings is 1. The van der Waals surface area contributed by atoms with Gasteiger partial charge in [0.1, 0.15) is 17.5 Å². The number of rotatable bonds is 2. The molecule has 6 nitrogen and oxygen atoms in total. The van der Waals surface area contributed by atoms with Crippen molar-refractivity contribution < 1.29 is 4.52 Å². The number of nitrogens with zero attached hydrogens (tertiary/aromatic N) is 4. The summed E-state index contributed by atoms with van der Waals surface area (Å²) in [4.78, 5) is 14.2. The van der Waals surface area contributed by atoms with E-state index in [9.17, 15) is 0 Å². The number of hydrogen-bond donors (Lipinski definition) is 1. The SMILES string of the molecule is Cc1noc2ncnc(N[C@H]3CCc4ncsc4C3)c12. The Kier molecular flexibility index (Phi) is 2.66. The van der Waals surface area contributed by atoms with Crippen LogP contribution >= 0.6 is 11.3 Å². The highest BCUT2D eigenvalue weighted by Crippen LogP contribution is 2.28. The number of fused-ring (bicyclic) bond motifs is 2. The van der Waals surface area contributed by atoms with Crippen LogP contribution in [-0.4, -0.2) is 26.2 Å². The third-order valence-electron chi connectivity index (χ3n) is 3.67. The summed E-state index contributed by atoms with van der Waals surface area (Å²) in [5.74, 6) is 0.812. The summed E-state index contributed by atoms with van der Waals surface area (Å²) in [6, 6.07) is 0.371. The second kappa shape index (κ2) is 4.52. The van der Waals surface area contributed by atoms with Crippen LogP contribution in [0.1, 0.15) is 22.7 Å². The van der Waals surface area contributed by atoms with Crippen molar-refractivity contribution in [1.82, 2.24) is 20.1 Å². The molecule has 1 atom stereocenters. The van der Waals surface area contributed by atoms with E-state index >= 15 is 0 Å². The van der Waals surface area contributed by atoms with Crippen molar-refractivity contribution >= 4 is 28.3 Å². The van der Waals surface area contributed by atoms with E-state index in [1.165, 1.54) is 16.9 Å². The van der Waals surface area contributed by atoms with Gasteiger partial charge in [0.2, 0.25) is 0 Å². The van der Waals surface area contributed by atoms with E-state index < -0.39 is 0 Å². The van der Waals surface area contributed by atoms with Crippen LogP contribution in [0.3, 0.4) is 0 Å². The molecule has 0 bridgehead atoms. The number of aromatic nitrogens is 4. The molecule has 1 aliphatic carbocycles. The van der Waals surface area contributed by atoms with Gasteiger partial charge in [-0.25, -0.2) is 9.97 Å². The molecule has 0 unspecified atom stereocenters.